The monoisotopic (exact) mass is 690 g/mol. The number of anilines is 1. The fourth-order valence-electron chi connectivity index (χ4n) is 5.62. The number of aliphatic hydroxyl groups excluding tert-OH is 1. The minimum atomic E-state index is -2.30. The van der Waals surface area contributed by atoms with Crippen molar-refractivity contribution in [1.29, 1.82) is 0 Å². The van der Waals surface area contributed by atoms with Crippen LogP contribution in [0.1, 0.15) is 71.3 Å². The predicted molar refractivity (Wildman–Crippen MR) is 177 cm³/mol. The number of unbranched alkanes of at least 4 members (excludes halogenated alkanes) is 3. The molecule has 0 saturated heterocycles. The van der Waals surface area contributed by atoms with Gasteiger partial charge in [-0.05, 0) is 51.7 Å². The largest absolute Gasteiger partial charge is 0.400 e. The molecule has 0 spiro atoms. The molecule has 2 aromatic carbocycles. The summed E-state index contributed by atoms with van der Waals surface area (Å²) >= 11 is 0. The van der Waals surface area contributed by atoms with Gasteiger partial charge in [0.05, 0.1) is 30.1 Å². The van der Waals surface area contributed by atoms with Gasteiger partial charge in [-0.1, -0.05) is 66.1 Å². The Morgan fingerprint density at radius 3 is 2.35 bits per heavy atom. The van der Waals surface area contributed by atoms with Crippen LogP contribution in [-0.2, 0) is 44.8 Å². The molecule has 3 aromatic rings. The Hall–Kier alpha value is -2.89. The molecule has 4 N–H and O–H groups in total. The average molecular weight is 691 g/mol. The van der Waals surface area contributed by atoms with E-state index in [0.29, 0.717) is 25.4 Å². The summed E-state index contributed by atoms with van der Waals surface area (Å²) in [5, 5.41) is 19.2. The van der Waals surface area contributed by atoms with E-state index >= 15 is 0 Å². The van der Waals surface area contributed by atoms with Crippen molar-refractivity contribution in [2.45, 2.75) is 77.8 Å². The van der Waals surface area contributed by atoms with Gasteiger partial charge in [-0.25, -0.2) is 4.68 Å². The van der Waals surface area contributed by atoms with Gasteiger partial charge in [0.25, 0.3) is 0 Å². The Morgan fingerprint density at radius 1 is 1.00 bits per heavy atom. The van der Waals surface area contributed by atoms with Gasteiger partial charge < -0.3 is 29.6 Å². The van der Waals surface area contributed by atoms with Crippen molar-refractivity contribution < 1.29 is 47.6 Å². The Bertz CT molecular complexity index is 1450. The molecule has 2 amide bonds. The van der Waals surface area contributed by atoms with E-state index in [2.05, 4.69) is 42.1 Å². The van der Waals surface area contributed by atoms with Crippen molar-refractivity contribution in [2.24, 2.45) is 0 Å². The molecule has 0 aliphatic carbocycles. The molecule has 1 aromatic heterocycles. The van der Waals surface area contributed by atoms with Gasteiger partial charge in [-0.2, -0.15) is 0 Å². The number of nitrogens with zero attached hydrogens (tertiary/aromatic N) is 4. The van der Waals surface area contributed by atoms with E-state index in [1.807, 2.05) is 54.1 Å². The van der Waals surface area contributed by atoms with Gasteiger partial charge in [0.2, 0.25) is 11.8 Å². The second kappa shape index (κ2) is 19.1. The van der Waals surface area contributed by atoms with Crippen LogP contribution in [0.2, 0.25) is 0 Å². The van der Waals surface area contributed by atoms with Gasteiger partial charge in [-0.15, -0.1) is 11.7 Å². The normalized spacial score (nSPS) is 12.0. The second-order valence-electron chi connectivity index (χ2n) is 11.6. The van der Waals surface area contributed by atoms with E-state index in [-0.39, 0.29) is 48.8 Å². The summed E-state index contributed by atoms with van der Waals surface area (Å²) in [6.45, 7) is 11.6. The van der Waals surface area contributed by atoms with Gasteiger partial charge in [0.15, 0.2) is 0 Å². The third-order valence-corrected chi connectivity index (χ3v) is 7.91. The van der Waals surface area contributed by atoms with Crippen molar-refractivity contribution >= 4 is 26.1 Å². The van der Waals surface area contributed by atoms with E-state index in [9.17, 15) is 9.59 Å². The number of allylic oxidation sites excluding steroid dienone is 1. The molecule has 0 unspecified atom stereocenters. The zero-order valence-corrected chi connectivity index (χ0v) is 29.4. The molecule has 1 aliphatic rings. The SMILES string of the molecule is C=C(C)CC(C)(C)n1nnc2c1-c1ccccc1CN(C(=O)CCC(=O)NCCCCCCOP(O)O)c1ccccc1-2.CO.[V]. The van der Waals surface area contributed by atoms with Crippen molar-refractivity contribution in [1.82, 2.24) is 20.3 Å². The van der Waals surface area contributed by atoms with E-state index in [1.165, 1.54) is 0 Å². The maximum absolute atomic E-state index is 13.7. The first-order valence-corrected chi connectivity index (χ1v) is 16.4. The Morgan fingerprint density at radius 2 is 1.65 bits per heavy atom. The van der Waals surface area contributed by atoms with Crippen LogP contribution in [0.25, 0.3) is 22.5 Å². The molecule has 11 nitrogen and oxygen atoms in total. The first-order chi connectivity index (χ1) is 21.6. The number of carbonyl (C=O) groups excluding carboxylic acids is 2. The van der Waals surface area contributed by atoms with Gasteiger partial charge in [-0.3, -0.25) is 9.59 Å². The van der Waals surface area contributed by atoms with Crippen LogP contribution >= 0.6 is 8.60 Å². The van der Waals surface area contributed by atoms with Crippen LogP contribution in [0.4, 0.5) is 5.69 Å². The molecular formula is C33H46N5O6PV. The van der Waals surface area contributed by atoms with E-state index in [0.717, 1.165) is 72.9 Å². The van der Waals surface area contributed by atoms with Crippen molar-refractivity contribution in [3.8, 4) is 22.5 Å². The first kappa shape index (κ1) is 39.3. The molecule has 1 aliphatic heterocycles. The molecule has 249 valence electrons. The number of rotatable bonds is 14. The topological polar surface area (TPSA) is 150 Å². The Kier molecular flexibility index (Phi) is 16.3. The van der Waals surface area contributed by atoms with Crippen LogP contribution in [0.3, 0.4) is 0 Å². The average Bonchev–Trinajstić information content (AvgIpc) is 3.45. The zero-order valence-electron chi connectivity index (χ0n) is 27.1. The number of hydrogen-bond acceptors (Lipinski definition) is 8. The number of carbonyl (C=O) groups is 2. The zero-order chi connectivity index (χ0) is 33.0. The maximum atomic E-state index is 13.7. The molecule has 2 heterocycles. The summed E-state index contributed by atoms with van der Waals surface area (Å²) in [6.07, 6.45) is 4.20. The molecule has 46 heavy (non-hydrogen) atoms. The quantitative estimate of drug-likeness (QED) is 0.0992. The van der Waals surface area contributed by atoms with E-state index in [1.54, 1.807) is 4.90 Å². The summed E-state index contributed by atoms with van der Waals surface area (Å²) in [5.74, 6) is -0.294. The molecule has 0 atom stereocenters. The van der Waals surface area contributed by atoms with Crippen LogP contribution < -0.4 is 10.2 Å². The third kappa shape index (κ3) is 10.6. The first-order valence-electron chi connectivity index (χ1n) is 15.2. The fourth-order valence-corrected chi connectivity index (χ4v) is 5.91. The number of aromatic nitrogens is 3. The minimum absolute atomic E-state index is 0. The fraction of sp³-hybridized carbons (Fsp3) is 0.455. The molecule has 0 saturated carbocycles. The van der Waals surface area contributed by atoms with Crippen LogP contribution in [-0.4, -0.2) is 62.0 Å². The Labute approximate surface area is 284 Å². The summed E-state index contributed by atoms with van der Waals surface area (Å²) in [6, 6.07) is 15.8. The summed E-state index contributed by atoms with van der Waals surface area (Å²) in [4.78, 5) is 45.5. The predicted octanol–water partition coefficient (Wildman–Crippen LogP) is 5.45. The molecule has 4 rings (SSSR count). The van der Waals surface area contributed by atoms with E-state index in [4.69, 9.17) is 19.4 Å². The molecule has 1 radical (unpaired) electrons. The number of amides is 2. The van der Waals surface area contributed by atoms with Crippen LogP contribution in [0.5, 0.6) is 0 Å². The molecule has 0 fully saturated rings. The van der Waals surface area contributed by atoms with Gasteiger partial charge in [0, 0.05) is 56.2 Å². The molecule has 0 bridgehead atoms. The molecule has 13 heteroatoms. The maximum Gasteiger partial charge on any atom is 0.327 e. The van der Waals surface area contributed by atoms with Crippen molar-refractivity contribution in [2.75, 3.05) is 25.2 Å². The number of hydrogen-bond donors (Lipinski definition) is 4. The number of benzene rings is 2. The Balaban J connectivity index is 0.00000241. The standard InChI is InChI=1S/C32H42N5O5P.CH4O.V/c1-23(2)21-32(3,4)37-31-25-14-8-7-13-24(25)22-36(27-16-10-9-15-26(27)30(31)34-35-37)29(39)18-17-28(38)33-19-11-5-6-12-20-42-43(40)41;1-2;/h7-10,13-16,40-41H,1,5-6,11-12,17-22H2,2-4H3,(H,33,38);2H,1H3;. The summed E-state index contributed by atoms with van der Waals surface area (Å²) in [5.41, 5.74) is 5.84. The summed E-state index contributed by atoms with van der Waals surface area (Å²) < 4.78 is 6.74. The van der Waals surface area contributed by atoms with Gasteiger partial charge >= 0.3 is 8.60 Å². The number of fused-ring (bicyclic) bond motifs is 5. The number of aliphatic hydroxyl groups is 1. The summed E-state index contributed by atoms with van der Waals surface area (Å²) in [7, 11) is -1.30. The van der Waals surface area contributed by atoms with Crippen molar-refractivity contribution in [3.63, 3.8) is 0 Å². The number of nitrogens with one attached hydrogen (secondary N) is 1. The second-order valence-corrected chi connectivity index (χ2v) is 12.4. The third-order valence-electron chi connectivity index (χ3n) is 7.50. The molecular weight excluding hydrogens is 644 g/mol. The van der Waals surface area contributed by atoms with E-state index < -0.39 is 8.60 Å². The van der Waals surface area contributed by atoms with Crippen molar-refractivity contribution in [3.05, 3.63) is 66.2 Å². The van der Waals surface area contributed by atoms with Crippen LogP contribution in [0.15, 0.2) is 60.7 Å². The smallest absolute Gasteiger partial charge is 0.327 e. The number of para-hydroxylation sites is 1. The van der Waals surface area contributed by atoms with Gasteiger partial charge in [0.1, 0.15) is 5.69 Å². The minimum Gasteiger partial charge on any atom is -0.400 e. The van der Waals surface area contributed by atoms with Crippen LogP contribution in [0, 0.1) is 0 Å².